The van der Waals surface area contributed by atoms with Crippen LogP contribution in [0.25, 0.3) is 0 Å². The Morgan fingerprint density at radius 1 is 1.19 bits per heavy atom. The molecule has 1 aliphatic carbocycles. The van der Waals surface area contributed by atoms with E-state index in [2.05, 4.69) is 17.3 Å². The number of nitrogens with zero attached hydrogens (tertiary/aromatic N) is 3. The average Bonchev–Trinajstić information content (AvgIpc) is 3.18. The largest absolute Gasteiger partial charge is 0.314 e. The standard InChI is InChI=1S/C14H30N4O2S/c1-16-10-4-6-14(16)12-18(3)21(19,20)17(2)11-5-9-15-13-7-8-13/h13-15H,4-12H2,1-3H3. The quantitative estimate of drug-likeness (QED) is 0.623. The molecule has 0 aromatic heterocycles. The summed E-state index contributed by atoms with van der Waals surface area (Å²) in [6.07, 6.45) is 5.66. The third-order valence-corrected chi connectivity index (χ3v) is 6.49. The summed E-state index contributed by atoms with van der Waals surface area (Å²) in [5.41, 5.74) is 0. The first-order valence-electron chi connectivity index (χ1n) is 8.02. The van der Waals surface area contributed by atoms with Crippen molar-refractivity contribution in [3.05, 3.63) is 0 Å². The van der Waals surface area contributed by atoms with E-state index in [1.807, 2.05) is 0 Å². The van der Waals surface area contributed by atoms with Gasteiger partial charge in [-0.2, -0.15) is 17.0 Å². The summed E-state index contributed by atoms with van der Waals surface area (Å²) < 4.78 is 27.9. The number of hydrogen-bond donors (Lipinski definition) is 1. The molecule has 1 atom stereocenters. The molecule has 1 unspecified atom stereocenters. The van der Waals surface area contributed by atoms with Crippen molar-refractivity contribution in [1.29, 1.82) is 0 Å². The Morgan fingerprint density at radius 3 is 2.48 bits per heavy atom. The first kappa shape index (κ1) is 17.1. The Kier molecular flexibility index (Phi) is 6.02. The van der Waals surface area contributed by atoms with Crippen molar-refractivity contribution in [3.8, 4) is 0 Å². The van der Waals surface area contributed by atoms with E-state index in [9.17, 15) is 8.42 Å². The molecule has 2 rings (SSSR count). The van der Waals surface area contributed by atoms with Gasteiger partial charge in [-0.1, -0.05) is 0 Å². The van der Waals surface area contributed by atoms with Crippen molar-refractivity contribution in [2.24, 2.45) is 0 Å². The predicted octanol–water partition coefficient (Wildman–Crippen LogP) is 0.331. The zero-order chi connectivity index (χ0) is 15.5. The molecule has 124 valence electrons. The van der Waals surface area contributed by atoms with E-state index in [1.165, 1.54) is 21.5 Å². The number of nitrogens with one attached hydrogen (secondary N) is 1. The Labute approximate surface area is 129 Å². The molecular weight excluding hydrogens is 288 g/mol. The molecule has 0 aromatic rings. The van der Waals surface area contributed by atoms with Gasteiger partial charge in [0.05, 0.1) is 0 Å². The molecule has 1 heterocycles. The van der Waals surface area contributed by atoms with Crippen LogP contribution in [-0.4, -0.2) is 81.3 Å². The molecule has 2 fully saturated rings. The maximum atomic E-state index is 12.5. The second kappa shape index (κ2) is 7.37. The van der Waals surface area contributed by atoms with Gasteiger partial charge in [0.15, 0.2) is 0 Å². The summed E-state index contributed by atoms with van der Waals surface area (Å²) in [6.45, 7) is 3.14. The number of hydrogen-bond acceptors (Lipinski definition) is 4. The van der Waals surface area contributed by atoms with Gasteiger partial charge in [0.2, 0.25) is 0 Å². The van der Waals surface area contributed by atoms with E-state index in [0.717, 1.165) is 32.4 Å². The second-order valence-electron chi connectivity index (χ2n) is 6.47. The Balaban J connectivity index is 1.74. The van der Waals surface area contributed by atoms with Crippen molar-refractivity contribution >= 4 is 10.2 Å². The van der Waals surface area contributed by atoms with Crippen LogP contribution in [0.4, 0.5) is 0 Å². The van der Waals surface area contributed by atoms with Crippen LogP contribution >= 0.6 is 0 Å². The highest BCUT2D eigenvalue weighted by molar-refractivity contribution is 7.86. The minimum absolute atomic E-state index is 0.356. The van der Waals surface area contributed by atoms with Crippen molar-refractivity contribution < 1.29 is 8.42 Å². The van der Waals surface area contributed by atoms with Crippen LogP contribution in [0.2, 0.25) is 0 Å². The highest BCUT2D eigenvalue weighted by atomic mass is 32.2. The molecule has 1 saturated heterocycles. The lowest BCUT2D eigenvalue weighted by Gasteiger charge is -2.28. The maximum absolute atomic E-state index is 12.5. The molecule has 0 aromatic carbocycles. The van der Waals surface area contributed by atoms with E-state index in [-0.39, 0.29) is 0 Å². The smallest absolute Gasteiger partial charge is 0.281 e. The fourth-order valence-electron chi connectivity index (χ4n) is 2.85. The normalized spacial score (nSPS) is 24.3. The van der Waals surface area contributed by atoms with Crippen LogP contribution in [0.3, 0.4) is 0 Å². The lowest BCUT2D eigenvalue weighted by atomic mass is 10.2. The molecule has 7 heteroatoms. The number of likely N-dealkylation sites (N-methyl/N-ethyl adjacent to an activating group) is 2. The summed E-state index contributed by atoms with van der Waals surface area (Å²) in [6, 6.07) is 1.04. The third kappa shape index (κ3) is 4.89. The predicted molar refractivity (Wildman–Crippen MR) is 85.5 cm³/mol. The van der Waals surface area contributed by atoms with Crippen LogP contribution in [-0.2, 0) is 10.2 Å². The van der Waals surface area contributed by atoms with E-state index < -0.39 is 10.2 Å². The third-order valence-electron chi connectivity index (χ3n) is 4.59. The molecule has 6 nitrogen and oxygen atoms in total. The fraction of sp³-hybridized carbons (Fsp3) is 1.00. The van der Waals surface area contributed by atoms with Crippen LogP contribution in [0.1, 0.15) is 32.1 Å². The molecule has 0 bridgehead atoms. The Morgan fingerprint density at radius 2 is 1.90 bits per heavy atom. The molecule has 21 heavy (non-hydrogen) atoms. The lowest BCUT2D eigenvalue weighted by Crippen LogP contribution is -2.45. The van der Waals surface area contributed by atoms with Gasteiger partial charge in [0.1, 0.15) is 0 Å². The highest BCUT2D eigenvalue weighted by Crippen LogP contribution is 2.19. The number of likely N-dealkylation sites (tertiary alicyclic amines) is 1. The minimum Gasteiger partial charge on any atom is -0.314 e. The SMILES string of the molecule is CN1CCCC1CN(C)S(=O)(=O)N(C)CCCNC1CC1. The highest BCUT2D eigenvalue weighted by Gasteiger charge is 2.29. The summed E-state index contributed by atoms with van der Waals surface area (Å²) in [5.74, 6) is 0. The second-order valence-corrected chi connectivity index (χ2v) is 8.61. The average molecular weight is 318 g/mol. The van der Waals surface area contributed by atoms with E-state index in [4.69, 9.17) is 0 Å². The van der Waals surface area contributed by atoms with Gasteiger partial charge in [-0.3, -0.25) is 0 Å². The van der Waals surface area contributed by atoms with Gasteiger partial charge < -0.3 is 10.2 Å². The molecule has 2 aliphatic rings. The molecule has 0 amide bonds. The lowest BCUT2D eigenvalue weighted by molar-refractivity contribution is 0.263. The van der Waals surface area contributed by atoms with Gasteiger partial charge >= 0.3 is 0 Å². The minimum atomic E-state index is -3.32. The molecule has 0 spiro atoms. The van der Waals surface area contributed by atoms with Gasteiger partial charge in [0.25, 0.3) is 10.2 Å². The first-order chi connectivity index (χ1) is 9.91. The van der Waals surface area contributed by atoms with Crippen molar-refractivity contribution in [1.82, 2.24) is 18.8 Å². The van der Waals surface area contributed by atoms with Gasteiger partial charge in [0, 0.05) is 39.3 Å². The number of rotatable bonds is 9. The molecule has 1 aliphatic heterocycles. The summed E-state index contributed by atoms with van der Waals surface area (Å²) >= 11 is 0. The van der Waals surface area contributed by atoms with Gasteiger partial charge in [-0.05, 0) is 52.2 Å². The van der Waals surface area contributed by atoms with Gasteiger partial charge in [-0.15, -0.1) is 0 Å². The summed E-state index contributed by atoms with van der Waals surface area (Å²) in [5, 5.41) is 3.42. The Hall–Kier alpha value is -0.210. The van der Waals surface area contributed by atoms with E-state index >= 15 is 0 Å². The topological polar surface area (TPSA) is 55.9 Å². The zero-order valence-electron chi connectivity index (χ0n) is 13.6. The van der Waals surface area contributed by atoms with Crippen LogP contribution in [0.5, 0.6) is 0 Å². The van der Waals surface area contributed by atoms with Crippen molar-refractivity contribution in [2.45, 2.75) is 44.2 Å². The van der Waals surface area contributed by atoms with Crippen molar-refractivity contribution in [2.75, 3.05) is 47.3 Å². The molecular formula is C14H30N4O2S. The summed E-state index contributed by atoms with van der Waals surface area (Å²) in [4.78, 5) is 2.26. The monoisotopic (exact) mass is 318 g/mol. The molecule has 0 radical (unpaired) electrons. The van der Waals surface area contributed by atoms with E-state index in [1.54, 1.807) is 14.1 Å². The van der Waals surface area contributed by atoms with E-state index in [0.29, 0.717) is 25.2 Å². The fourth-order valence-corrected chi connectivity index (χ4v) is 4.05. The maximum Gasteiger partial charge on any atom is 0.281 e. The van der Waals surface area contributed by atoms with Crippen LogP contribution in [0.15, 0.2) is 0 Å². The van der Waals surface area contributed by atoms with Gasteiger partial charge in [-0.25, -0.2) is 0 Å². The Bertz CT molecular complexity index is 425. The zero-order valence-corrected chi connectivity index (χ0v) is 14.4. The van der Waals surface area contributed by atoms with Crippen LogP contribution < -0.4 is 5.32 Å². The van der Waals surface area contributed by atoms with Crippen LogP contribution in [0, 0.1) is 0 Å². The molecule has 1 saturated carbocycles. The summed E-state index contributed by atoms with van der Waals surface area (Å²) in [7, 11) is 2.13. The first-order valence-corrected chi connectivity index (χ1v) is 9.42. The molecule has 1 N–H and O–H groups in total. The van der Waals surface area contributed by atoms with Crippen molar-refractivity contribution in [3.63, 3.8) is 0 Å².